The van der Waals surface area contributed by atoms with Gasteiger partial charge in [-0.15, -0.1) is 0 Å². The molecule has 0 radical (unpaired) electrons. The molecular formula is C11H21NO3. The van der Waals surface area contributed by atoms with E-state index in [1.807, 2.05) is 0 Å². The molecule has 2 N–H and O–H groups in total. The summed E-state index contributed by atoms with van der Waals surface area (Å²) in [5.41, 5.74) is 5.61. The molecule has 0 spiro atoms. The largest absolute Gasteiger partial charge is 0.465 e. The van der Waals surface area contributed by atoms with Gasteiger partial charge in [0.05, 0.1) is 12.5 Å². The van der Waals surface area contributed by atoms with Crippen molar-refractivity contribution in [2.45, 2.75) is 25.7 Å². The van der Waals surface area contributed by atoms with Gasteiger partial charge in [-0.05, 0) is 25.3 Å². The van der Waals surface area contributed by atoms with Crippen LogP contribution in [0.4, 0.5) is 0 Å². The lowest BCUT2D eigenvalue weighted by atomic mass is 9.96. The van der Waals surface area contributed by atoms with Crippen LogP contribution >= 0.6 is 0 Å². The van der Waals surface area contributed by atoms with Crippen molar-refractivity contribution in [3.63, 3.8) is 0 Å². The molecule has 0 aliphatic heterocycles. The third-order valence-electron chi connectivity index (χ3n) is 3.00. The molecule has 0 heterocycles. The number of hydrogen-bond acceptors (Lipinski definition) is 4. The molecule has 0 bridgehead atoms. The SMILES string of the molecule is COCCCOC(=O)C1CCCC1CN. The van der Waals surface area contributed by atoms with Gasteiger partial charge in [-0.3, -0.25) is 4.79 Å². The fourth-order valence-corrected chi connectivity index (χ4v) is 2.11. The van der Waals surface area contributed by atoms with E-state index in [0.29, 0.717) is 25.7 Å². The third kappa shape index (κ3) is 3.80. The predicted octanol–water partition coefficient (Wildman–Crippen LogP) is 0.941. The van der Waals surface area contributed by atoms with Gasteiger partial charge in [0.1, 0.15) is 0 Å². The van der Waals surface area contributed by atoms with Gasteiger partial charge in [-0.2, -0.15) is 0 Å². The van der Waals surface area contributed by atoms with E-state index in [4.69, 9.17) is 15.2 Å². The maximum absolute atomic E-state index is 11.7. The molecule has 1 saturated carbocycles. The average Bonchev–Trinajstić information content (AvgIpc) is 2.72. The number of hydrogen-bond donors (Lipinski definition) is 1. The normalized spacial score (nSPS) is 25.5. The zero-order valence-electron chi connectivity index (χ0n) is 9.41. The summed E-state index contributed by atoms with van der Waals surface area (Å²) in [6, 6.07) is 0. The quantitative estimate of drug-likeness (QED) is 0.529. The fourth-order valence-electron chi connectivity index (χ4n) is 2.11. The molecule has 1 fully saturated rings. The van der Waals surface area contributed by atoms with Crippen molar-refractivity contribution >= 4 is 5.97 Å². The third-order valence-corrected chi connectivity index (χ3v) is 3.00. The van der Waals surface area contributed by atoms with Crippen LogP contribution in [0, 0.1) is 11.8 Å². The summed E-state index contributed by atoms with van der Waals surface area (Å²) in [6.45, 7) is 1.69. The Kier molecular flexibility index (Phi) is 5.65. The van der Waals surface area contributed by atoms with Crippen molar-refractivity contribution in [3.8, 4) is 0 Å². The van der Waals surface area contributed by atoms with Gasteiger partial charge in [0, 0.05) is 20.1 Å². The van der Waals surface area contributed by atoms with Crippen molar-refractivity contribution in [2.24, 2.45) is 17.6 Å². The summed E-state index contributed by atoms with van der Waals surface area (Å²) in [4.78, 5) is 11.7. The maximum Gasteiger partial charge on any atom is 0.309 e. The minimum absolute atomic E-state index is 0.0394. The van der Waals surface area contributed by atoms with Gasteiger partial charge in [0.15, 0.2) is 0 Å². The number of methoxy groups -OCH3 is 1. The molecule has 1 aliphatic rings. The lowest BCUT2D eigenvalue weighted by Crippen LogP contribution is -2.27. The molecule has 2 unspecified atom stereocenters. The van der Waals surface area contributed by atoms with Crippen LogP contribution in [0.1, 0.15) is 25.7 Å². The molecule has 88 valence electrons. The summed E-state index contributed by atoms with van der Waals surface area (Å²) in [6.07, 6.45) is 3.86. The fraction of sp³-hybridized carbons (Fsp3) is 0.909. The standard InChI is InChI=1S/C11H21NO3/c1-14-6-3-7-15-11(13)10-5-2-4-9(10)8-12/h9-10H,2-8,12H2,1H3. The van der Waals surface area contributed by atoms with Crippen LogP contribution in [0.2, 0.25) is 0 Å². The highest BCUT2D eigenvalue weighted by Gasteiger charge is 2.32. The van der Waals surface area contributed by atoms with E-state index in [2.05, 4.69) is 0 Å². The van der Waals surface area contributed by atoms with Gasteiger partial charge in [0.2, 0.25) is 0 Å². The smallest absolute Gasteiger partial charge is 0.309 e. The van der Waals surface area contributed by atoms with E-state index in [9.17, 15) is 4.79 Å². The Balaban J connectivity index is 2.21. The Labute approximate surface area is 91.1 Å². The first-order valence-electron chi connectivity index (χ1n) is 5.65. The van der Waals surface area contributed by atoms with Crippen molar-refractivity contribution < 1.29 is 14.3 Å². The first kappa shape index (κ1) is 12.5. The second-order valence-electron chi connectivity index (χ2n) is 4.05. The molecule has 0 amide bonds. The highest BCUT2D eigenvalue weighted by Crippen LogP contribution is 2.31. The number of nitrogens with two attached hydrogens (primary N) is 1. The molecule has 0 saturated heterocycles. The van der Waals surface area contributed by atoms with Crippen LogP contribution in [0.15, 0.2) is 0 Å². The summed E-state index contributed by atoms with van der Waals surface area (Å²) in [7, 11) is 1.64. The average molecular weight is 215 g/mol. The highest BCUT2D eigenvalue weighted by atomic mass is 16.5. The lowest BCUT2D eigenvalue weighted by Gasteiger charge is -2.16. The monoisotopic (exact) mass is 215 g/mol. The molecule has 1 rings (SSSR count). The maximum atomic E-state index is 11.7. The summed E-state index contributed by atoms with van der Waals surface area (Å²) < 4.78 is 10.1. The van der Waals surface area contributed by atoms with E-state index in [1.165, 1.54) is 0 Å². The molecule has 4 nitrogen and oxygen atoms in total. The molecule has 0 aromatic rings. The van der Waals surface area contributed by atoms with E-state index in [-0.39, 0.29) is 11.9 Å². The van der Waals surface area contributed by atoms with Gasteiger partial charge in [0.25, 0.3) is 0 Å². The van der Waals surface area contributed by atoms with Gasteiger partial charge < -0.3 is 15.2 Å². The van der Waals surface area contributed by atoms with Crippen LogP contribution in [-0.2, 0) is 14.3 Å². The van der Waals surface area contributed by atoms with Crippen molar-refractivity contribution in [2.75, 3.05) is 26.9 Å². The van der Waals surface area contributed by atoms with Crippen LogP contribution in [-0.4, -0.2) is 32.8 Å². The molecule has 4 heteroatoms. The molecule has 15 heavy (non-hydrogen) atoms. The zero-order chi connectivity index (χ0) is 11.1. The summed E-state index contributed by atoms with van der Waals surface area (Å²) in [5.74, 6) is 0.302. The summed E-state index contributed by atoms with van der Waals surface area (Å²) in [5, 5.41) is 0. The lowest BCUT2D eigenvalue weighted by molar-refractivity contribution is -0.150. The molecular weight excluding hydrogens is 194 g/mol. The number of esters is 1. The zero-order valence-corrected chi connectivity index (χ0v) is 9.41. The van der Waals surface area contributed by atoms with Gasteiger partial charge >= 0.3 is 5.97 Å². The Hall–Kier alpha value is -0.610. The first-order valence-corrected chi connectivity index (χ1v) is 5.65. The second-order valence-corrected chi connectivity index (χ2v) is 4.05. The van der Waals surface area contributed by atoms with Crippen LogP contribution < -0.4 is 5.73 Å². The van der Waals surface area contributed by atoms with E-state index in [0.717, 1.165) is 25.7 Å². The van der Waals surface area contributed by atoms with Crippen molar-refractivity contribution in [1.29, 1.82) is 0 Å². The number of carbonyl (C=O) groups excluding carboxylic acids is 1. The van der Waals surface area contributed by atoms with Gasteiger partial charge in [-0.1, -0.05) is 6.42 Å². The van der Waals surface area contributed by atoms with E-state index in [1.54, 1.807) is 7.11 Å². The second kappa shape index (κ2) is 6.80. The molecule has 0 aromatic heterocycles. The molecule has 2 atom stereocenters. The number of ether oxygens (including phenoxy) is 2. The predicted molar refractivity (Wildman–Crippen MR) is 57.3 cm³/mol. The Morgan fingerprint density at radius 1 is 1.40 bits per heavy atom. The van der Waals surface area contributed by atoms with E-state index < -0.39 is 0 Å². The minimum Gasteiger partial charge on any atom is -0.465 e. The van der Waals surface area contributed by atoms with Gasteiger partial charge in [-0.25, -0.2) is 0 Å². The highest BCUT2D eigenvalue weighted by molar-refractivity contribution is 5.73. The van der Waals surface area contributed by atoms with Crippen LogP contribution in [0.5, 0.6) is 0 Å². The number of carbonyl (C=O) groups is 1. The Morgan fingerprint density at radius 3 is 2.87 bits per heavy atom. The Morgan fingerprint density at radius 2 is 2.20 bits per heavy atom. The minimum atomic E-state index is -0.0703. The number of rotatable bonds is 6. The molecule has 0 aromatic carbocycles. The molecule has 1 aliphatic carbocycles. The summed E-state index contributed by atoms with van der Waals surface area (Å²) >= 11 is 0. The topological polar surface area (TPSA) is 61.5 Å². The van der Waals surface area contributed by atoms with E-state index >= 15 is 0 Å². The first-order chi connectivity index (χ1) is 7.29. The van der Waals surface area contributed by atoms with Crippen molar-refractivity contribution in [1.82, 2.24) is 0 Å². The van der Waals surface area contributed by atoms with Crippen LogP contribution in [0.25, 0.3) is 0 Å². The Bertz CT molecular complexity index is 196. The van der Waals surface area contributed by atoms with Crippen molar-refractivity contribution in [3.05, 3.63) is 0 Å². The van der Waals surface area contributed by atoms with Crippen LogP contribution in [0.3, 0.4) is 0 Å².